The molecule has 0 fully saturated rings. The first kappa shape index (κ1) is 14.7. The predicted octanol–water partition coefficient (Wildman–Crippen LogP) is 2.50. The first-order chi connectivity index (χ1) is 8.34. The van der Waals surface area contributed by atoms with E-state index in [-0.39, 0.29) is 17.9 Å². The van der Waals surface area contributed by atoms with E-state index in [1.165, 1.54) is 5.56 Å². The lowest BCUT2D eigenvalue weighted by Crippen LogP contribution is -2.45. The van der Waals surface area contributed by atoms with Gasteiger partial charge < -0.3 is 10.6 Å². The second-order valence-electron chi connectivity index (χ2n) is 5.31. The van der Waals surface area contributed by atoms with Gasteiger partial charge in [0.2, 0.25) is 5.91 Å². The van der Waals surface area contributed by atoms with Crippen molar-refractivity contribution in [2.75, 3.05) is 7.05 Å². The molecule has 2 N–H and O–H groups in total. The molecule has 2 atom stereocenters. The third kappa shape index (κ3) is 3.33. The molecule has 0 saturated heterocycles. The largest absolute Gasteiger partial charge is 0.338 e. The molecule has 0 bridgehead atoms. The van der Waals surface area contributed by atoms with E-state index in [2.05, 4.69) is 31.2 Å². The molecular weight excluding hydrogens is 224 g/mol. The molecule has 2 unspecified atom stereocenters. The molecule has 1 aromatic rings. The molecule has 0 aliphatic rings. The number of aryl methyl sites for hydroxylation is 1. The monoisotopic (exact) mass is 248 g/mol. The van der Waals surface area contributed by atoms with Crippen molar-refractivity contribution >= 4 is 5.91 Å². The molecule has 18 heavy (non-hydrogen) atoms. The number of benzene rings is 1. The standard InChI is InChI=1S/C15H24N2O/c1-10(2)14(16)15(18)17(5)12(4)13-8-6-11(3)7-9-13/h6-10,12,14H,16H2,1-5H3. The number of rotatable bonds is 4. The van der Waals surface area contributed by atoms with E-state index >= 15 is 0 Å². The van der Waals surface area contributed by atoms with Gasteiger partial charge in [-0.2, -0.15) is 0 Å². The second-order valence-corrected chi connectivity index (χ2v) is 5.31. The minimum atomic E-state index is -0.428. The number of likely N-dealkylation sites (N-methyl/N-ethyl adjacent to an activating group) is 1. The van der Waals surface area contributed by atoms with E-state index in [0.29, 0.717) is 0 Å². The van der Waals surface area contributed by atoms with Gasteiger partial charge in [0.1, 0.15) is 0 Å². The highest BCUT2D eigenvalue weighted by Crippen LogP contribution is 2.20. The Bertz CT molecular complexity index is 397. The Morgan fingerprint density at radius 2 is 1.67 bits per heavy atom. The normalized spacial score (nSPS) is 14.4. The quantitative estimate of drug-likeness (QED) is 0.890. The van der Waals surface area contributed by atoms with Crippen LogP contribution in [0.5, 0.6) is 0 Å². The third-order valence-corrected chi connectivity index (χ3v) is 3.49. The minimum Gasteiger partial charge on any atom is -0.338 e. The summed E-state index contributed by atoms with van der Waals surface area (Å²) in [5.74, 6) is 0.156. The third-order valence-electron chi connectivity index (χ3n) is 3.49. The lowest BCUT2D eigenvalue weighted by Gasteiger charge is -2.29. The van der Waals surface area contributed by atoms with E-state index in [1.807, 2.05) is 27.8 Å². The summed E-state index contributed by atoms with van der Waals surface area (Å²) in [5.41, 5.74) is 8.26. The zero-order chi connectivity index (χ0) is 13.9. The van der Waals surface area contributed by atoms with Gasteiger partial charge in [0, 0.05) is 7.05 Å². The van der Waals surface area contributed by atoms with Gasteiger partial charge in [-0.25, -0.2) is 0 Å². The van der Waals surface area contributed by atoms with Crippen LogP contribution in [-0.2, 0) is 4.79 Å². The highest BCUT2D eigenvalue weighted by Gasteiger charge is 2.24. The molecule has 0 aliphatic carbocycles. The van der Waals surface area contributed by atoms with Crippen molar-refractivity contribution < 1.29 is 4.79 Å². The number of nitrogens with two attached hydrogens (primary N) is 1. The summed E-state index contributed by atoms with van der Waals surface area (Å²) < 4.78 is 0. The maximum atomic E-state index is 12.2. The lowest BCUT2D eigenvalue weighted by molar-refractivity contribution is -0.134. The Labute approximate surface area is 110 Å². The summed E-state index contributed by atoms with van der Waals surface area (Å²) in [6.07, 6.45) is 0. The van der Waals surface area contributed by atoms with E-state index in [0.717, 1.165) is 5.56 Å². The van der Waals surface area contributed by atoms with Crippen LogP contribution < -0.4 is 5.73 Å². The van der Waals surface area contributed by atoms with Crippen molar-refractivity contribution in [2.45, 2.75) is 39.8 Å². The van der Waals surface area contributed by atoms with Crippen molar-refractivity contribution in [3.63, 3.8) is 0 Å². The van der Waals surface area contributed by atoms with Gasteiger partial charge in [-0.15, -0.1) is 0 Å². The Balaban J connectivity index is 2.80. The fourth-order valence-corrected chi connectivity index (χ4v) is 1.78. The molecular formula is C15H24N2O. The Kier molecular flexibility index (Phi) is 4.91. The van der Waals surface area contributed by atoms with Gasteiger partial charge in [0.25, 0.3) is 0 Å². The lowest BCUT2D eigenvalue weighted by atomic mass is 10.0. The molecule has 3 nitrogen and oxygen atoms in total. The number of carbonyl (C=O) groups is 1. The van der Waals surface area contributed by atoms with Gasteiger partial charge >= 0.3 is 0 Å². The zero-order valence-electron chi connectivity index (χ0n) is 12.0. The maximum Gasteiger partial charge on any atom is 0.239 e. The molecule has 1 amide bonds. The van der Waals surface area contributed by atoms with Crippen molar-refractivity contribution in [3.8, 4) is 0 Å². The predicted molar refractivity (Wildman–Crippen MR) is 75.2 cm³/mol. The van der Waals surface area contributed by atoms with Crippen LogP contribution in [0, 0.1) is 12.8 Å². The summed E-state index contributed by atoms with van der Waals surface area (Å²) in [5, 5.41) is 0. The van der Waals surface area contributed by atoms with Crippen LogP contribution in [0.2, 0.25) is 0 Å². The van der Waals surface area contributed by atoms with Crippen molar-refractivity contribution in [1.82, 2.24) is 4.90 Å². The summed E-state index contributed by atoms with van der Waals surface area (Å²) in [6, 6.07) is 7.86. The Hall–Kier alpha value is -1.35. The van der Waals surface area contributed by atoms with Crippen LogP contribution in [0.3, 0.4) is 0 Å². The highest BCUT2D eigenvalue weighted by atomic mass is 16.2. The van der Waals surface area contributed by atoms with Crippen LogP contribution in [0.25, 0.3) is 0 Å². The van der Waals surface area contributed by atoms with Crippen LogP contribution in [0.15, 0.2) is 24.3 Å². The van der Waals surface area contributed by atoms with Crippen molar-refractivity contribution in [3.05, 3.63) is 35.4 Å². The van der Waals surface area contributed by atoms with Gasteiger partial charge in [0.05, 0.1) is 12.1 Å². The average molecular weight is 248 g/mol. The van der Waals surface area contributed by atoms with E-state index < -0.39 is 6.04 Å². The number of hydrogen-bond acceptors (Lipinski definition) is 2. The van der Waals surface area contributed by atoms with E-state index in [4.69, 9.17) is 5.73 Å². The molecule has 1 aromatic carbocycles. The smallest absolute Gasteiger partial charge is 0.239 e. The summed E-state index contributed by atoms with van der Waals surface area (Å²) in [7, 11) is 1.81. The van der Waals surface area contributed by atoms with Gasteiger partial charge in [0.15, 0.2) is 0 Å². The molecule has 3 heteroatoms. The minimum absolute atomic E-state index is 0.00178. The summed E-state index contributed by atoms with van der Waals surface area (Å²) >= 11 is 0. The van der Waals surface area contributed by atoms with E-state index in [1.54, 1.807) is 4.90 Å². The maximum absolute atomic E-state index is 12.2. The first-order valence-corrected chi connectivity index (χ1v) is 6.43. The van der Waals surface area contributed by atoms with Gasteiger partial charge in [-0.05, 0) is 25.3 Å². The molecule has 0 radical (unpaired) electrons. The molecule has 0 heterocycles. The Morgan fingerprint density at radius 3 is 2.11 bits per heavy atom. The second kappa shape index (κ2) is 6.01. The number of nitrogens with zero attached hydrogens (tertiary/aromatic N) is 1. The van der Waals surface area contributed by atoms with Gasteiger partial charge in [-0.3, -0.25) is 4.79 Å². The average Bonchev–Trinajstić information content (AvgIpc) is 2.36. The highest BCUT2D eigenvalue weighted by molar-refractivity contribution is 5.82. The van der Waals surface area contributed by atoms with Crippen molar-refractivity contribution in [1.29, 1.82) is 0 Å². The molecule has 100 valence electrons. The summed E-state index contributed by atoms with van der Waals surface area (Å²) in [4.78, 5) is 13.9. The fraction of sp³-hybridized carbons (Fsp3) is 0.533. The fourth-order valence-electron chi connectivity index (χ4n) is 1.78. The Morgan fingerprint density at radius 1 is 1.17 bits per heavy atom. The number of hydrogen-bond donors (Lipinski definition) is 1. The van der Waals surface area contributed by atoms with Gasteiger partial charge in [-0.1, -0.05) is 43.7 Å². The number of amides is 1. The molecule has 0 saturated carbocycles. The van der Waals surface area contributed by atoms with E-state index in [9.17, 15) is 4.79 Å². The summed E-state index contributed by atoms with van der Waals surface area (Å²) in [6.45, 7) is 8.01. The van der Waals surface area contributed by atoms with Crippen LogP contribution >= 0.6 is 0 Å². The molecule has 0 spiro atoms. The first-order valence-electron chi connectivity index (χ1n) is 6.43. The van der Waals surface area contributed by atoms with Crippen LogP contribution in [-0.4, -0.2) is 23.9 Å². The number of carbonyl (C=O) groups excluding carboxylic acids is 1. The molecule has 1 rings (SSSR count). The SMILES string of the molecule is Cc1ccc(C(C)N(C)C(=O)C(N)C(C)C)cc1. The molecule has 0 aromatic heterocycles. The van der Waals surface area contributed by atoms with Crippen molar-refractivity contribution in [2.24, 2.45) is 11.7 Å². The topological polar surface area (TPSA) is 46.3 Å². The van der Waals surface area contributed by atoms with Crippen LogP contribution in [0.1, 0.15) is 37.9 Å². The molecule has 0 aliphatic heterocycles. The van der Waals surface area contributed by atoms with Crippen LogP contribution in [0.4, 0.5) is 0 Å². The zero-order valence-corrected chi connectivity index (χ0v) is 12.0.